The molecule has 1 heterocycles. The molecule has 0 aromatic heterocycles. The Labute approximate surface area is 119 Å². The minimum absolute atomic E-state index is 0.645. The van der Waals surface area contributed by atoms with Crippen molar-refractivity contribution in [2.24, 2.45) is 0 Å². The van der Waals surface area contributed by atoms with Gasteiger partial charge in [-0.25, -0.2) is 0 Å². The molecule has 0 N–H and O–H groups in total. The average Bonchev–Trinajstić information content (AvgIpc) is 2.82. The zero-order valence-electron chi connectivity index (χ0n) is 11.5. The first kappa shape index (κ1) is 12.6. The highest BCUT2D eigenvalue weighted by Gasteiger charge is 2.23. The van der Waals surface area contributed by atoms with E-state index < -0.39 is 0 Å². The van der Waals surface area contributed by atoms with E-state index in [-0.39, 0.29) is 0 Å². The van der Waals surface area contributed by atoms with E-state index in [4.69, 9.17) is 0 Å². The van der Waals surface area contributed by atoms with Crippen LogP contribution in [0, 0.1) is 6.92 Å². The average molecular weight is 269 g/mol. The minimum atomic E-state index is 0.645. The van der Waals surface area contributed by atoms with Gasteiger partial charge in [0.25, 0.3) is 0 Å². The van der Waals surface area contributed by atoms with E-state index in [0.717, 1.165) is 6.54 Å². The smallest absolute Gasteiger partial charge is 0.0366 e. The van der Waals surface area contributed by atoms with Crippen LogP contribution in [0.2, 0.25) is 0 Å². The van der Waals surface area contributed by atoms with Crippen molar-refractivity contribution in [3.05, 3.63) is 59.7 Å². The Bertz CT molecular complexity index is 579. The van der Waals surface area contributed by atoms with Crippen LogP contribution in [0.25, 0.3) is 0 Å². The highest BCUT2D eigenvalue weighted by Crippen LogP contribution is 2.39. The van der Waals surface area contributed by atoms with Crippen LogP contribution in [0.4, 0.5) is 5.69 Å². The highest BCUT2D eigenvalue weighted by atomic mass is 32.2. The van der Waals surface area contributed by atoms with Crippen LogP contribution in [0.1, 0.15) is 17.0 Å². The zero-order chi connectivity index (χ0) is 13.2. The Hall–Kier alpha value is -1.41. The van der Waals surface area contributed by atoms with Gasteiger partial charge in [-0.15, -0.1) is 11.8 Å². The second-order valence-electron chi connectivity index (χ2n) is 5.27. The molecule has 1 nitrogen and oxygen atoms in total. The summed E-state index contributed by atoms with van der Waals surface area (Å²) >= 11 is 1.99. The van der Waals surface area contributed by atoms with Crippen molar-refractivity contribution < 1.29 is 0 Å². The van der Waals surface area contributed by atoms with Crippen LogP contribution < -0.4 is 4.90 Å². The normalized spacial score (nSPS) is 17.3. The lowest BCUT2D eigenvalue weighted by atomic mass is 10.0. The van der Waals surface area contributed by atoms with Crippen LogP contribution in [0.15, 0.2) is 53.4 Å². The Morgan fingerprint density at radius 1 is 1.16 bits per heavy atom. The van der Waals surface area contributed by atoms with Gasteiger partial charge in [-0.05, 0) is 36.2 Å². The lowest BCUT2D eigenvalue weighted by molar-refractivity contribution is 0.745. The monoisotopic (exact) mass is 269 g/mol. The summed E-state index contributed by atoms with van der Waals surface area (Å²) in [6.07, 6.45) is 0. The molecule has 0 bridgehead atoms. The van der Waals surface area contributed by atoms with Gasteiger partial charge in [-0.1, -0.05) is 30.3 Å². The van der Waals surface area contributed by atoms with Crippen LogP contribution in [-0.4, -0.2) is 19.3 Å². The van der Waals surface area contributed by atoms with Crippen molar-refractivity contribution in [1.82, 2.24) is 0 Å². The minimum Gasteiger partial charge on any atom is -0.374 e. The molecule has 0 spiro atoms. The fraction of sp³-hybridized carbons (Fsp3) is 0.294. The van der Waals surface area contributed by atoms with Gasteiger partial charge in [-0.3, -0.25) is 0 Å². The molecular weight excluding hydrogens is 250 g/mol. The molecule has 0 fully saturated rings. The molecule has 0 amide bonds. The molecule has 98 valence electrons. The maximum absolute atomic E-state index is 2.38. The zero-order valence-corrected chi connectivity index (χ0v) is 12.3. The van der Waals surface area contributed by atoms with Crippen molar-refractivity contribution >= 4 is 17.4 Å². The SMILES string of the molecule is Cc1cccc(N(C)CC2CSc3ccccc32)c1. The van der Waals surface area contributed by atoms with Crippen molar-refractivity contribution in [3.63, 3.8) is 0 Å². The molecular formula is C17H19NS. The summed E-state index contributed by atoms with van der Waals surface area (Å²) in [6.45, 7) is 3.24. The molecule has 0 saturated heterocycles. The fourth-order valence-electron chi connectivity index (χ4n) is 2.68. The van der Waals surface area contributed by atoms with Gasteiger partial charge < -0.3 is 4.90 Å². The molecule has 1 aliphatic heterocycles. The van der Waals surface area contributed by atoms with E-state index in [2.05, 4.69) is 67.4 Å². The third-order valence-corrected chi connectivity index (χ3v) is 4.99. The maximum atomic E-state index is 2.38. The summed E-state index contributed by atoms with van der Waals surface area (Å²) in [7, 11) is 2.19. The predicted octanol–water partition coefficient (Wildman–Crippen LogP) is 4.32. The first-order valence-electron chi connectivity index (χ1n) is 6.73. The largest absolute Gasteiger partial charge is 0.374 e. The van der Waals surface area contributed by atoms with E-state index in [1.165, 1.54) is 27.5 Å². The highest BCUT2D eigenvalue weighted by molar-refractivity contribution is 7.99. The number of aryl methyl sites for hydroxylation is 1. The maximum Gasteiger partial charge on any atom is 0.0366 e. The molecule has 3 rings (SSSR count). The van der Waals surface area contributed by atoms with Crippen LogP contribution in [0.5, 0.6) is 0 Å². The second-order valence-corrected chi connectivity index (χ2v) is 6.33. The van der Waals surface area contributed by atoms with E-state index >= 15 is 0 Å². The quantitative estimate of drug-likeness (QED) is 0.816. The predicted molar refractivity (Wildman–Crippen MR) is 84.4 cm³/mol. The number of benzene rings is 2. The number of likely N-dealkylation sites (N-methyl/N-ethyl adjacent to an activating group) is 1. The van der Waals surface area contributed by atoms with Crippen LogP contribution >= 0.6 is 11.8 Å². The standard InChI is InChI=1S/C17H19NS/c1-13-6-5-7-15(10-13)18(2)11-14-12-19-17-9-4-3-8-16(14)17/h3-10,14H,11-12H2,1-2H3. The Kier molecular flexibility index (Phi) is 3.52. The molecule has 1 atom stereocenters. The van der Waals surface area contributed by atoms with Gasteiger partial charge in [0.05, 0.1) is 0 Å². The van der Waals surface area contributed by atoms with Crippen LogP contribution in [0.3, 0.4) is 0 Å². The number of anilines is 1. The number of rotatable bonds is 3. The third kappa shape index (κ3) is 2.64. The summed E-state index contributed by atoms with van der Waals surface area (Å²) in [5, 5.41) is 0. The van der Waals surface area contributed by atoms with Crippen molar-refractivity contribution in [2.45, 2.75) is 17.7 Å². The van der Waals surface area contributed by atoms with Crippen LogP contribution in [-0.2, 0) is 0 Å². The number of thioether (sulfide) groups is 1. The summed E-state index contributed by atoms with van der Waals surface area (Å²) in [6, 6.07) is 17.6. The first-order valence-corrected chi connectivity index (χ1v) is 7.72. The van der Waals surface area contributed by atoms with Gasteiger partial charge in [0.15, 0.2) is 0 Å². The number of hydrogen-bond donors (Lipinski definition) is 0. The molecule has 0 radical (unpaired) electrons. The topological polar surface area (TPSA) is 3.24 Å². The molecule has 2 aromatic rings. The van der Waals surface area contributed by atoms with Crippen molar-refractivity contribution in [3.8, 4) is 0 Å². The lowest BCUT2D eigenvalue weighted by Crippen LogP contribution is -2.24. The van der Waals surface area contributed by atoms with Crippen molar-refractivity contribution in [1.29, 1.82) is 0 Å². The first-order chi connectivity index (χ1) is 9.24. The summed E-state index contributed by atoms with van der Waals surface area (Å²) in [5.74, 6) is 1.85. The molecule has 0 saturated carbocycles. The number of hydrogen-bond acceptors (Lipinski definition) is 2. The Morgan fingerprint density at radius 3 is 2.84 bits per heavy atom. The molecule has 1 unspecified atom stereocenters. The Morgan fingerprint density at radius 2 is 2.00 bits per heavy atom. The third-order valence-electron chi connectivity index (χ3n) is 3.74. The summed E-state index contributed by atoms with van der Waals surface area (Å²) in [5.41, 5.74) is 4.16. The van der Waals surface area contributed by atoms with Gasteiger partial charge in [0, 0.05) is 35.8 Å². The number of fused-ring (bicyclic) bond motifs is 1. The van der Waals surface area contributed by atoms with Gasteiger partial charge in [0.1, 0.15) is 0 Å². The molecule has 1 aliphatic rings. The summed E-state index contributed by atoms with van der Waals surface area (Å²) in [4.78, 5) is 3.84. The molecule has 19 heavy (non-hydrogen) atoms. The number of nitrogens with zero attached hydrogens (tertiary/aromatic N) is 1. The van der Waals surface area contributed by atoms with E-state index in [1.807, 2.05) is 11.8 Å². The van der Waals surface area contributed by atoms with Gasteiger partial charge >= 0.3 is 0 Å². The van der Waals surface area contributed by atoms with Gasteiger partial charge in [-0.2, -0.15) is 0 Å². The van der Waals surface area contributed by atoms with E-state index in [0.29, 0.717) is 5.92 Å². The van der Waals surface area contributed by atoms with E-state index in [9.17, 15) is 0 Å². The molecule has 0 aliphatic carbocycles. The molecule has 2 heteroatoms. The lowest BCUT2D eigenvalue weighted by Gasteiger charge is -2.23. The van der Waals surface area contributed by atoms with Gasteiger partial charge in [0.2, 0.25) is 0 Å². The molecule has 2 aromatic carbocycles. The van der Waals surface area contributed by atoms with Crippen molar-refractivity contribution in [2.75, 3.05) is 24.2 Å². The summed E-state index contributed by atoms with van der Waals surface area (Å²) < 4.78 is 0. The fourth-order valence-corrected chi connectivity index (χ4v) is 3.92. The Balaban J connectivity index is 1.76. The second kappa shape index (κ2) is 5.30. The van der Waals surface area contributed by atoms with E-state index in [1.54, 1.807) is 0 Å².